The molecule has 0 N–H and O–H groups in total. The van der Waals surface area contributed by atoms with Crippen molar-refractivity contribution >= 4 is 45.5 Å². The van der Waals surface area contributed by atoms with Gasteiger partial charge in [0.1, 0.15) is 0 Å². The summed E-state index contributed by atoms with van der Waals surface area (Å²) in [7, 11) is 8.13. The van der Waals surface area contributed by atoms with Crippen LogP contribution in [-0.2, 0) is 19.5 Å². The van der Waals surface area contributed by atoms with Gasteiger partial charge in [0.15, 0.2) is 24.7 Å². The third-order valence-electron chi connectivity index (χ3n) is 7.80. The van der Waals surface area contributed by atoms with E-state index < -0.39 is 0 Å². The van der Waals surface area contributed by atoms with Crippen LogP contribution in [0.5, 0.6) is 0 Å². The third kappa shape index (κ3) is 5.31. The van der Waals surface area contributed by atoms with Gasteiger partial charge in [-0.05, 0) is 48.5 Å². The zero-order valence-corrected chi connectivity index (χ0v) is 27.6. The molecule has 0 unspecified atom stereocenters. The van der Waals surface area contributed by atoms with Crippen LogP contribution in [0.25, 0.3) is 0 Å². The fourth-order valence-electron chi connectivity index (χ4n) is 5.40. The Morgan fingerprint density at radius 3 is 0.791 bits per heavy atom. The Balaban J connectivity index is 0.000000150. The molecule has 4 aromatic carbocycles. The average Bonchev–Trinajstić information content (AvgIpc) is 3.72. The standard InChI is InChI=1S/2C17H15N4.Zn/c2*1-20-14-9-5-3-7-12(14)18-16(20)11-17-19-13-8-4-6-10-15(13)21(17)2;/h2*3-11H,1-2H3;/q;;+2. The van der Waals surface area contributed by atoms with Crippen LogP contribution in [0.3, 0.4) is 0 Å². The second-order valence-electron chi connectivity index (χ2n) is 10.4. The summed E-state index contributed by atoms with van der Waals surface area (Å²) in [6.45, 7) is 0. The van der Waals surface area contributed by atoms with E-state index in [-0.39, 0.29) is 19.5 Å². The summed E-state index contributed by atoms with van der Waals surface area (Å²) in [5.41, 5.74) is 8.53. The number of para-hydroxylation sites is 8. The molecule has 0 amide bonds. The van der Waals surface area contributed by atoms with Crippen molar-refractivity contribution in [2.24, 2.45) is 0 Å². The first-order valence-corrected chi connectivity index (χ1v) is 13.8. The Hall–Kier alpha value is -4.10. The van der Waals surface area contributed by atoms with E-state index in [1.165, 1.54) is 0 Å². The van der Waals surface area contributed by atoms with Crippen molar-refractivity contribution in [3.63, 3.8) is 0 Å². The number of hydrogen-bond donors (Lipinski definition) is 0. The maximum absolute atomic E-state index is 4.67. The molecular formula is C34H30N8Zn+2. The zero-order valence-electron chi connectivity index (χ0n) is 24.7. The number of hydrogen-bond acceptors (Lipinski definition) is 4. The van der Waals surface area contributed by atoms with Gasteiger partial charge in [-0.3, -0.25) is 0 Å². The first-order chi connectivity index (χ1) is 20.5. The largest absolute Gasteiger partial charge is 2.00 e. The van der Waals surface area contributed by atoms with E-state index in [0.717, 1.165) is 70.2 Å². The van der Waals surface area contributed by atoms with Crippen LogP contribution < -0.4 is 40.9 Å². The van der Waals surface area contributed by atoms with E-state index in [1.807, 2.05) is 114 Å². The normalized spacial score (nSPS) is 17.0. The van der Waals surface area contributed by atoms with Crippen LogP contribution in [0.2, 0.25) is 0 Å². The Bertz CT molecular complexity index is 1350. The van der Waals surface area contributed by atoms with Crippen molar-refractivity contribution < 1.29 is 19.5 Å². The molecule has 0 bridgehead atoms. The number of fused-ring (bicyclic) bond motifs is 4. The van der Waals surface area contributed by atoms with Gasteiger partial charge in [-0.15, -0.1) is 0 Å². The first kappa shape index (κ1) is 29.0. The molecule has 0 aliphatic carbocycles. The topological polar surface area (TPSA) is 69.4 Å². The van der Waals surface area contributed by atoms with E-state index in [2.05, 4.69) is 65.1 Å². The van der Waals surface area contributed by atoms with Gasteiger partial charge in [0.2, 0.25) is 0 Å². The quantitative estimate of drug-likeness (QED) is 0.269. The van der Waals surface area contributed by atoms with E-state index in [1.54, 1.807) is 0 Å². The molecule has 0 spiro atoms. The fourth-order valence-corrected chi connectivity index (χ4v) is 5.40. The molecule has 0 fully saturated rings. The Labute approximate surface area is 267 Å². The first-order valence-electron chi connectivity index (χ1n) is 13.8. The molecule has 0 saturated carbocycles. The molecule has 8 rings (SSSR count). The number of anilines is 4. The number of benzene rings is 4. The van der Waals surface area contributed by atoms with Crippen molar-refractivity contribution in [3.8, 4) is 0 Å². The second-order valence-corrected chi connectivity index (χ2v) is 10.4. The van der Waals surface area contributed by atoms with Gasteiger partial charge in [-0.2, -0.15) is 0 Å². The third-order valence-corrected chi connectivity index (χ3v) is 7.80. The van der Waals surface area contributed by atoms with Crippen LogP contribution >= 0.6 is 0 Å². The van der Waals surface area contributed by atoms with Crippen molar-refractivity contribution in [3.05, 3.63) is 135 Å². The molecule has 43 heavy (non-hydrogen) atoms. The van der Waals surface area contributed by atoms with E-state index in [0.29, 0.717) is 0 Å². The summed E-state index contributed by atoms with van der Waals surface area (Å²) < 4.78 is 0. The molecular weight excluding hydrogens is 586 g/mol. The summed E-state index contributed by atoms with van der Waals surface area (Å²) in [4.78, 5) is 8.37. The van der Waals surface area contributed by atoms with E-state index >= 15 is 0 Å². The van der Waals surface area contributed by atoms with Gasteiger partial charge >= 0.3 is 19.5 Å². The molecule has 0 saturated heterocycles. The smallest absolute Gasteiger partial charge is 0.345 e. The molecule has 10 radical (unpaired) electrons. The van der Waals surface area contributed by atoms with Gasteiger partial charge in [-0.25, -0.2) is 21.3 Å². The Morgan fingerprint density at radius 2 is 0.581 bits per heavy atom. The molecule has 4 heterocycles. The maximum Gasteiger partial charge on any atom is 2.00 e. The molecule has 206 valence electrons. The number of nitrogens with zero attached hydrogens (tertiary/aromatic N) is 8. The molecule has 4 aliphatic heterocycles. The van der Waals surface area contributed by atoms with Gasteiger partial charge in [0, 0.05) is 28.2 Å². The van der Waals surface area contributed by atoms with Gasteiger partial charge in [-0.1, -0.05) is 48.5 Å². The summed E-state index contributed by atoms with van der Waals surface area (Å²) in [5.74, 6) is 0. The summed E-state index contributed by atoms with van der Waals surface area (Å²) in [6.07, 6.45) is 7.70. The van der Waals surface area contributed by atoms with Crippen LogP contribution in [0, 0.1) is 37.5 Å². The molecule has 8 nitrogen and oxygen atoms in total. The molecule has 4 aliphatic rings. The molecule has 0 aromatic heterocycles. The van der Waals surface area contributed by atoms with Crippen molar-refractivity contribution in [2.75, 3.05) is 47.8 Å². The molecule has 9 heteroatoms. The predicted molar refractivity (Wildman–Crippen MR) is 168 cm³/mol. The van der Waals surface area contributed by atoms with Crippen molar-refractivity contribution in [1.29, 1.82) is 0 Å². The van der Waals surface area contributed by atoms with Crippen LogP contribution in [0.1, 0.15) is 0 Å². The Kier molecular flexibility index (Phi) is 8.01. The maximum atomic E-state index is 4.67. The summed E-state index contributed by atoms with van der Waals surface area (Å²) >= 11 is 0. The van der Waals surface area contributed by atoms with Crippen molar-refractivity contribution in [2.45, 2.75) is 0 Å². The minimum atomic E-state index is 0. The molecule has 4 aromatic rings. The number of rotatable bonds is 4. The van der Waals surface area contributed by atoms with Gasteiger partial charge in [0.05, 0.1) is 58.3 Å². The Morgan fingerprint density at radius 1 is 0.372 bits per heavy atom. The molecule has 0 atom stereocenters. The van der Waals surface area contributed by atoms with E-state index in [9.17, 15) is 0 Å². The zero-order chi connectivity index (χ0) is 28.8. The summed E-state index contributed by atoms with van der Waals surface area (Å²) in [6, 6.07) is 32.6. The van der Waals surface area contributed by atoms with E-state index in [4.69, 9.17) is 0 Å². The van der Waals surface area contributed by atoms with Crippen LogP contribution in [0.4, 0.5) is 45.5 Å². The average molecular weight is 616 g/mol. The van der Waals surface area contributed by atoms with Crippen LogP contribution in [0.15, 0.2) is 97.1 Å². The SMILES string of the molecule is CN1[C]([CH][C]2[N]c3ccccc3N2C)[N]c2ccccc21.CN1[C]([CH][C]2[N]c3ccccc3N2C)[N]c2ccccc21.[Zn+2]. The monoisotopic (exact) mass is 614 g/mol. The van der Waals surface area contributed by atoms with Gasteiger partial charge < -0.3 is 19.6 Å². The minimum absolute atomic E-state index is 0. The van der Waals surface area contributed by atoms with Crippen molar-refractivity contribution in [1.82, 2.24) is 21.3 Å². The predicted octanol–water partition coefficient (Wildman–Crippen LogP) is 5.88. The minimum Gasteiger partial charge on any atom is -0.345 e. The summed E-state index contributed by atoms with van der Waals surface area (Å²) in [5, 5.41) is 18.7. The van der Waals surface area contributed by atoms with Crippen LogP contribution in [-0.4, -0.2) is 28.2 Å². The fraction of sp³-hybridized carbons (Fsp3) is 0.118. The second kappa shape index (κ2) is 11.9. The van der Waals surface area contributed by atoms with Gasteiger partial charge in [0.25, 0.3) is 0 Å².